The second kappa shape index (κ2) is 6.40. The Kier molecular flexibility index (Phi) is 5.93. The zero-order valence-electron chi connectivity index (χ0n) is 9.72. The van der Waals surface area contributed by atoms with Crippen LogP contribution in [0.3, 0.4) is 0 Å². The highest BCUT2D eigenvalue weighted by molar-refractivity contribution is 5.82. The summed E-state index contributed by atoms with van der Waals surface area (Å²) in [5.74, 6) is -0.135. The maximum atomic E-state index is 11.4. The summed E-state index contributed by atoms with van der Waals surface area (Å²) in [5.41, 5.74) is 4.82. The van der Waals surface area contributed by atoms with Gasteiger partial charge < -0.3 is 16.4 Å². The van der Waals surface area contributed by atoms with Crippen LogP contribution < -0.4 is 16.4 Å². The molecule has 0 rings (SSSR count). The fourth-order valence-electron chi connectivity index (χ4n) is 0.855. The summed E-state index contributed by atoms with van der Waals surface area (Å²) in [6, 6.07) is 0. The van der Waals surface area contributed by atoms with Gasteiger partial charge in [0.2, 0.25) is 11.8 Å². The molecule has 0 heterocycles. The minimum Gasteiger partial charge on any atom is -0.355 e. The minimum atomic E-state index is -0.409. The van der Waals surface area contributed by atoms with E-state index in [0.29, 0.717) is 26.1 Å². The van der Waals surface area contributed by atoms with Crippen LogP contribution in [-0.2, 0) is 9.59 Å². The molecule has 0 atom stereocenters. The van der Waals surface area contributed by atoms with Crippen LogP contribution >= 0.6 is 0 Å². The molecule has 0 aromatic rings. The summed E-state index contributed by atoms with van der Waals surface area (Å²) in [5, 5.41) is 5.33. The molecule has 0 aliphatic rings. The van der Waals surface area contributed by atoms with Crippen molar-refractivity contribution >= 4 is 11.8 Å². The number of nitrogens with two attached hydrogens (primary N) is 1. The van der Waals surface area contributed by atoms with Crippen LogP contribution in [0.4, 0.5) is 0 Å². The number of nitrogens with one attached hydrogen (secondary N) is 2. The quantitative estimate of drug-likeness (QED) is 0.584. The fourth-order valence-corrected chi connectivity index (χ4v) is 0.855. The van der Waals surface area contributed by atoms with Gasteiger partial charge in [-0.2, -0.15) is 0 Å². The molecule has 15 heavy (non-hydrogen) atoms. The molecule has 0 unspecified atom stereocenters. The van der Waals surface area contributed by atoms with Gasteiger partial charge in [-0.1, -0.05) is 20.8 Å². The van der Waals surface area contributed by atoms with Gasteiger partial charge in [-0.05, 0) is 0 Å². The van der Waals surface area contributed by atoms with Gasteiger partial charge in [-0.3, -0.25) is 9.59 Å². The Hall–Kier alpha value is -1.10. The lowest BCUT2D eigenvalue weighted by atomic mass is 9.96. The molecule has 88 valence electrons. The third kappa shape index (κ3) is 6.90. The molecule has 0 saturated heterocycles. The molecule has 5 nitrogen and oxygen atoms in total. The van der Waals surface area contributed by atoms with Crippen molar-refractivity contribution in [3.05, 3.63) is 0 Å². The number of rotatable bonds is 5. The number of hydrogen-bond acceptors (Lipinski definition) is 3. The highest BCUT2D eigenvalue weighted by atomic mass is 16.2. The monoisotopic (exact) mass is 215 g/mol. The van der Waals surface area contributed by atoms with Crippen LogP contribution in [0.1, 0.15) is 27.2 Å². The number of amides is 2. The first kappa shape index (κ1) is 13.9. The van der Waals surface area contributed by atoms with Gasteiger partial charge >= 0.3 is 0 Å². The van der Waals surface area contributed by atoms with Gasteiger partial charge in [-0.25, -0.2) is 0 Å². The normalized spacial score (nSPS) is 10.9. The molecule has 0 aliphatic carbocycles. The molecule has 0 aromatic carbocycles. The molecule has 0 saturated carbocycles. The summed E-state index contributed by atoms with van der Waals surface area (Å²) in [6.07, 6.45) is 0.293. The maximum Gasteiger partial charge on any atom is 0.225 e. The van der Waals surface area contributed by atoms with E-state index in [1.807, 2.05) is 20.8 Å². The molecule has 0 fully saturated rings. The van der Waals surface area contributed by atoms with Gasteiger partial charge in [0.25, 0.3) is 0 Å². The first-order chi connectivity index (χ1) is 6.88. The van der Waals surface area contributed by atoms with E-state index in [1.165, 1.54) is 0 Å². The van der Waals surface area contributed by atoms with Gasteiger partial charge in [0.15, 0.2) is 0 Å². The Morgan fingerprint density at radius 3 is 2.20 bits per heavy atom. The second-order valence-electron chi connectivity index (χ2n) is 4.39. The molecule has 0 radical (unpaired) electrons. The smallest absolute Gasteiger partial charge is 0.225 e. The standard InChI is InChI=1S/C10H21N3O2/c1-10(2,3)9(15)13-6-4-8(14)12-7-5-11/h4-7,11H2,1-3H3,(H,12,14)(H,13,15). The van der Waals surface area contributed by atoms with E-state index in [4.69, 9.17) is 5.73 Å². The molecule has 0 bridgehead atoms. The Morgan fingerprint density at radius 1 is 1.13 bits per heavy atom. The molecule has 0 aromatic heterocycles. The Bertz CT molecular complexity index is 221. The van der Waals surface area contributed by atoms with Crippen molar-refractivity contribution in [2.24, 2.45) is 11.1 Å². The third-order valence-electron chi connectivity index (χ3n) is 1.79. The average Bonchev–Trinajstić information content (AvgIpc) is 2.13. The number of carbonyl (C=O) groups excluding carboxylic acids is 2. The van der Waals surface area contributed by atoms with E-state index >= 15 is 0 Å². The van der Waals surface area contributed by atoms with Crippen molar-refractivity contribution in [3.63, 3.8) is 0 Å². The van der Waals surface area contributed by atoms with E-state index in [1.54, 1.807) is 0 Å². The molecular weight excluding hydrogens is 194 g/mol. The topological polar surface area (TPSA) is 84.2 Å². The van der Waals surface area contributed by atoms with Gasteiger partial charge in [-0.15, -0.1) is 0 Å². The second-order valence-corrected chi connectivity index (χ2v) is 4.39. The molecule has 0 aliphatic heterocycles. The van der Waals surface area contributed by atoms with Gasteiger partial charge in [0.1, 0.15) is 0 Å². The summed E-state index contributed by atoms with van der Waals surface area (Å²) in [6.45, 7) is 6.77. The van der Waals surface area contributed by atoms with Crippen molar-refractivity contribution in [2.75, 3.05) is 19.6 Å². The van der Waals surface area contributed by atoms with Crippen molar-refractivity contribution in [1.29, 1.82) is 0 Å². The lowest BCUT2D eigenvalue weighted by molar-refractivity contribution is -0.128. The van der Waals surface area contributed by atoms with Crippen molar-refractivity contribution in [1.82, 2.24) is 10.6 Å². The van der Waals surface area contributed by atoms with E-state index in [9.17, 15) is 9.59 Å². The average molecular weight is 215 g/mol. The molecule has 4 N–H and O–H groups in total. The third-order valence-corrected chi connectivity index (χ3v) is 1.79. The zero-order valence-corrected chi connectivity index (χ0v) is 9.72. The minimum absolute atomic E-state index is 0.0471. The zero-order chi connectivity index (χ0) is 11.9. The number of hydrogen-bond donors (Lipinski definition) is 3. The largest absolute Gasteiger partial charge is 0.355 e. The summed E-state index contributed by atoms with van der Waals surface area (Å²) < 4.78 is 0. The van der Waals surface area contributed by atoms with E-state index in [-0.39, 0.29) is 11.8 Å². The summed E-state index contributed by atoms with van der Waals surface area (Å²) in [7, 11) is 0. The number of carbonyl (C=O) groups is 2. The Morgan fingerprint density at radius 2 is 1.73 bits per heavy atom. The first-order valence-corrected chi connectivity index (χ1v) is 5.13. The highest BCUT2D eigenvalue weighted by Gasteiger charge is 2.20. The fraction of sp³-hybridized carbons (Fsp3) is 0.800. The summed E-state index contributed by atoms with van der Waals surface area (Å²) >= 11 is 0. The lowest BCUT2D eigenvalue weighted by Crippen LogP contribution is -2.38. The van der Waals surface area contributed by atoms with Crippen LogP contribution in [0.5, 0.6) is 0 Å². The van der Waals surface area contributed by atoms with Gasteiger partial charge in [0, 0.05) is 31.5 Å². The maximum absolute atomic E-state index is 11.4. The molecule has 5 heteroatoms. The SMILES string of the molecule is CC(C)(C)C(=O)NCCC(=O)NCCN. The molecule has 0 spiro atoms. The predicted molar refractivity (Wildman–Crippen MR) is 59.1 cm³/mol. The van der Waals surface area contributed by atoms with Crippen LogP contribution in [0.2, 0.25) is 0 Å². The van der Waals surface area contributed by atoms with Crippen molar-refractivity contribution < 1.29 is 9.59 Å². The molecule has 2 amide bonds. The van der Waals surface area contributed by atoms with Crippen molar-refractivity contribution in [3.8, 4) is 0 Å². The van der Waals surface area contributed by atoms with E-state index in [2.05, 4.69) is 10.6 Å². The lowest BCUT2D eigenvalue weighted by Gasteiger charge is -2.17. The predicted octanol–water partition coefficient (Wildman–Crippen LogP) is -0.386. The highest BCUT2D eigenvalue weighted by Crippen LogP contribution is 2.11. The Balaban J connectivity index is 3.62. The van der Waals surface area contributed by atoms with E-state index in [0.717, 1.165) is 0 Å². The van der Waals surface area contributed by atoms with Crippen LogP contribution in [0.15, 0.2) is 0 Å². The first-order valence-electron chi connectivity index (χ1n) is 5.13. The van der Waals surface area contributed by atoms with Crippen LogP contribution in [-0.4, -0.2) is 31.4 Å². The van der Waals surface area contributed by atoms with Crippen LogP contribution in [0, 0.1) is 5.41 Å². The van der Waals surface area contributed by atoms with Gasteiger partial charge in [0.05, 0.1) is 0 Å². The molecular formula is C10H21N3O2. The van der Waals surface area contributed by atoms with E-state index < -0.39 is 5.41 Å². The van der Waals surface area contributed by atoms with Crippen LogP contribution in [0.25, 0.3) is 0 Å². The summed E-state index contributed by atoms with van der Waals surface area (Å²) in [4.78, 5) is 22.5. The Labute approximate surface area is 90.8 Å². The van der Waals surface area contributed by atoms with Crippen molar-refractivity contribution in [2.45, 2.75) is 27.2 Å².